The summed E-state index contributed by atoms with van der Waals surface area (Å²) in [5.41, 5.74) is 6.27. The molecule has 1 fully saturated rings. The van der Waals surface area contributed by atoms with Crippen molar-refractivity contribution in [2.24, 2.45) is 5.41 Å². The van der Waals surface area contributed by atoms with E-state index in [-0.39, 0.29) is 0 Å². The summed E-state index contributed by atoms with van der Waals surface area (Å²) in [6.07, 6.45) is 6.08. The van der Waals surface area contributed by atoms with Gasteiger partial charge in [0.05, 0.1) is 4.90 Å². The van der Waals surface area contributed by atoms with Crippen LogP contribution in [0.5, 0.6) is 0 Å². The van der Waals surface area contributed by atoms with Crippen molar-refractivity contribution >= 4 is 34.1 Å². The smallest absolute Gasteiger partial charge is 0.153 e. The van der Waals surface area contributed by atoms with Crippen LogP contribution in [0.4, 0.5) is 10.8 Å². The number of thioether (sulfide) groups is 1. The highest BCUT2D eigenvalue weighted by molar-refractivity contribution is 7.99. The van der Waals surface area contributed by atoms with Gasteiger partial charge in [0.2, 0.25) is 0 Å². The number of anilines is 2. The molecule has 84 valence electrons. The highest BCUT2D eigenvalue weighted by Gasteiger charge is 2.31. The number of nitrogens with zero attached hydrogens (tertiary/aromatic N) is 1. The minimum Gasteiger partial charge on any atom is -0.382 e. The van der Waals surface area contributed by atoms with Crippen LogP contribution in [-0.4, -0.2) is 17.2 Å². The largest absolute Gasteiger partial charge is 0.382 e. The standard InChI is InChI=1S/C10H17N3S2/c1-10(4-3-5-10)6-12-9-7(14-2)8(11)13-15-9/h12H,3-6H2,1-2H3,(H2,11,13). The average Bonchev–Trinajstić information content (AvgIpc) is 2.53. The van der Waals surface area contributed by atoms with Gasteiger partial charge in [-0.15, -0.1) is 11.8 Å². The van der Waals surface area contributed by atoms with Gasteiger partial charge in [0.15, 0.2) is 5.82 Å². The van der Waals surface area contributed by atoms with Gasteiger partial charge in [0.1, 0.15) is 5.00 Å². The van der Waals surface area contributed by atoms with Crippen molar-refractivity contribution in [1.29, 1.82) is 0 Å². The Kier molecular flexibility index (Phi) is 3.11. The van der Waals surface area contributed by atoms with Crippen LogP contribution >= 0.6 is 23.3 Å². The predicted molar refractivity (Wildman–Crippen MR) is 68.8 cm³/mol. The molecule has 3 N–H and O–H groups in total. The first-order chi connectivity index (χ1) is 7.14. The molecule has 1 heterocycles. The molecule has 0 amide bonds. The van der Waals surface area contributed by atoms with Crippen molar-refractivity contribution in [1.82, 2.24) is 4.37 Å². The maximum atomic E-state index is 5.78. The van der Waals surface area contributed by atoms with Gasteiger partial charge in [0.25, 0.3) is 0 Å². The van der Waals surface area contributed by atoms with E-state index in [1.54, 1.807) is 11.8 Å². The van der Waals surface area contributed by atoms with Crippen LogP contribution in [0.2, 0.25) is 0 Å². The molecule has 0 aliphatic heterocycles. The third kappa shape index (κ3) is 2.23. The second-order valence-corrected chi connectivity index (χ2v) is 6.04. The van der Waals surface area contributed by atoms with E-state index in [2.05, 4.69) is 16.6 Å². The Bertz CT molecular complexity index is 344. The predicted octanol–water partition coefficient (Wildman–Crippen LogP) is 3.05. The molecule has 0 radical (unpaired) electrons. The topological polar surface area (TPSA) is 50.9 Å². The minimum absolute atomic E-state index is 0.494. The maximum Gasteiger partial charge on any atom is 0.153 e. The second kappa shape index (κ2) is 4.22. The van der Waals surface area contributed by atoms with E-state index >= 15 is 0 Å². The fourth-order valence-electron chi connectivity index (χ4n) is 1.85. The molecule has 1 aliphatic carbocycles. The molecular formula is C10H17N3S2. The monoisotopic (exact) mass is 243 g/mol. The Balaban J connectivity index is 1.98. The minimum atomic E-state index is 0.494. The molecule has 1 aromatic heterocycles. The van der Waals surface area contributed by atoms with Crippen LogP contribution < -0.4 is 11.1 Å². The second-order valence-electron chi connectivity index (χ2n) is 4.45. The molecule has 0 aromatic carbocycles. The zero-order valence-corrected chi connectivity index (χ0v) is 10.8. The lowest BCUT2D eigenvalue weighted by atomic mass is 9.70. The number of nitrogen functional groups attached to an aromatic ring is 1. The van der Waals surface area contributed by atoms with Gasteiger partial charge in [-0.2, -0.15) is 4.37 Å². The normalized spacial score (nSPS) is 18.5. The summed E-state index contributed by atoms with van der Waals surface area (Å²) in [6.45, 7) is 3.38. The lowest BCUT2D eigenvalue weighted by Gasteiger charge is -2.38. The molecule has 0 bridgehead atoms. The Labute approximate surface area is 99.0 Å². The zero-order chi connectivity index (χ0) is 10.9. The van der Waals surface area contributed by atoms with Gasteiger partial charge in [0, 0.05) is 6.54 Å². The van der Waals surface area contributed by atoms with Gasteiger partial charge >= 0.3 is 0 Å². The van der Waals surface area contributed by atoms with Crippen molar-refractivity contribution < 1.29 is 0 Å². The molecule has 5 heteroatoms. The molecule has 0 atom stereocenters. The van der Waals surface area contributed by atoms with Crippen LogP contribution in [0.25, 0.3) is 0 Å². The number of nitrogens with one attached hydrogen (secondary N) is 1. The third-order valence-electron chi connectivity index (χ3n) is 3.11. The molecule has 1 aliphatic rings. The van der Waals surface area contributed by atoms with E-state index in [1.807, 2.05) is 6.26 Å². The van der Waals surface area contributed by atoms with Crippen molar-refractivity contribution in [3.8, 4) is 0 Å². The van der Waals surface area contributed by atoms with E-state index in [0.717, 1.165) is 16.4 Å². The Hall–Kier alpha value is -0.420. The zero-order valence-electron chi connectivity index (χ0n) is 9.17. The number of hydrogen-bond donors (Lipinski definition) is 2. The Morgan fingerprint density at radius 3 is 2.87 bits per heavy atom. The van der Waals surface area contributed by atoms with E-state index in [0.29, 0.717) is 11.2 Å². The third-order valence-corrected chi connectivity index (χ3v) is 4.88. The molecule has 1 aromatic rings. The van der Waals surface area contributed by atoms with E-state index in [4.69, 9.17) is 5.73 Å². The molecule has 15 heavy (non-hydrogen) atoms. The lowest BCUT2D eigenvalue weighted by Crippen LogP contribution is -2.33. The Morgan fingerprint density at radius 1 is 1.60 bits per heavy atom. The van der Waals surface area contributed by atoms with Crippen LogP contribution in [-0.2, 0) is 0 Å². The first-order valence-corrected chi connectivity index (χ1v) is 7.17. The summed E-state index contributed by atoms with van der Waals surface area (Å²) < 4.78 is 4.17. The number of hydrogen-bond acceptors (Lipinski definition) is 5. The van der Waals surface area contributed by atoms with Crippen molar-refractivity contribution in [2.45, 2.75) is 31.1 Å². The van der Waals surface area contributed by atoms with Crippen molar-refractivity contribution in [3.05, 3.63) is 0 Å². The molecule has 0 saturated heterocycles. The molecule has 1 saturated carbocycles. The van der Waals surface area contributed by atoms with Crippen LogP contribution in [0.1, 0.15) is 26.2 Å². The summed E-state index contributed by atoms with van der Waals surface area (Å²) in [5.74, 6) is 0.661. The molecule has 0 unspecified atom stereocenters. The van der Waals surface area contributed by atoms with Gasteiger partial charge in [-0.05, 0) is 36.0 Å². The van der Waals surface area contributed by atoms with Crippen LogP contribution in [0, 0.1) is 5.41 Å². The number of rotatable bonds is 4. The van der Waals surface area contributed by atoms with Crippen LogP contribution in [0.15, 0.2) is 4.90 Å². The van der Waals surface area contributed by atoms with Crippen molar-refractivity contribution in [3.63, 3.8) is 0 Å². The number of aromatic nitrogens is 1. The average molecular weight is 243 g/mol. The number of nitrogens with two attached hydrogens (primary N) is 1. The molecular weight excluding hydrogens is 226 g/mol. The molecule has 2 rings (SSSR count). The highest BCUT2D eigenvalue weighted by atomic mass is 32.2. The summed E-state index contributed by atoms with van der Waals surface area (Å²) in [5, 5.41) is 4.62. The first-order valence-electron chi connectivity index (χ1n) is 5.18. The highest BCUT2D eigenvalue weighted by Crippen LogP contribution is 2.42. The SMILES string of the molecule is CSc1c(N)nsc1NCC1(C)CCC1. The van der Waals surface area contributed by atoms with Crippen LogP contribution in [0.3, 0.4) is 0 Å². The lowest BCUT2D eigenvalue weighted by molar-refractivity contribution is 0.180. The fraction of sp³-hybridized carbons (Fsp3) is 0.700. The van der Waals surface area contributed by atoms with Crippen molar-refractivity contribution in [2.75, 3.05) is 23.9 Å². The molecule has 3 nitrogen and oxygen atoms in total. The summed E-state index contributed by atoms with van der Waals surface area (Å²) in [7, 11) is 0. The quantitative estimate of drug-likeness (QED) is 0.798. The summed E-state index contributed by atoms with van der Waals surface area (Å²) in [6, 6.07) is 0. The first kappa shape index (κ1) is 11.1. The fourth-order valence-corrected chi connectivity index (χ4v) is 3.39. The van der Waals surface area contributed by atoms with Gasteiger partial charge < -0.3 is 11.1 Å². The molecule has 0 spiro atoms. The maximum absolute atomic E-state index is 5.78. The summed E-state index contributed by atoms with van der Waals surface area (Å²) in [4.78, 5) is 1.10. The Morgan fingerprint density at radius 2 is 2.33 bits per heavy atom. The van der Waals surface area contributed by atoms with Gasteiger partial charge in [-0.3, -0.25) is 0 Å². The van der Waals surface area contributed by atoms with E-state index in [1.165, 1.54) is 30.8 Å². The van der Waals surface area contributed by atoms with Gasteiger partial charge in [-0.1, -0.05) is 13.3 Å². The van der Waals surface area contributed by atoms with E-state index < -0.39 is 0 Å². The summed E-state index contributed by atoms with van der Waals surface area (Å²) >= 11 is 3.13. The van der Waals surface area contributed by atoms with E-state index in [9.17, 15) is 0 Å². The van der Waals surface area contributed by atoms with Gasteiger partial charge in [-0.25, -0.2) is 0 Å².